The first kappa shape index (κ1) is 16.7. The number of nitrogens with one attached hydrogen (secondary N) is 2. The standard InChI is InChI=1S/C16H13ClFN5O2/c1-8-6-9(17)2-4-11(8)21-14-10(15-22-23-16(24)25-15)3-5-12(13(14)18)20-7-19/h2-7,21H,1H3,(H2,19,20)(H,23,24). The number of benzene rings is 2. The molecule has 0 saturated heterocycles. The molecule has 128 valence electrons. The van der Waals surface area contributed by atoms with Crippen LogP contribution in [0, 0.1) is 12.7 Å². The third-order valence-corrected chi connectivity index (χ3v) is 3.69. The maximum absolute atomic E-state index is 14.9. The summed E-state index contributed by atoms with van der Waals surface area (Å²) in [4.78, 5) is 15.0. The van der Waals surface area contributed by atoms with Gasteiger partial charge in [0.1, 0.15) is 5.69 Å². The lowest BCUT2D eigenvalue weighted by atomic mass is 10.1. The van der Waals surface area contributed by atoms with Gasteiger partial charge in [-0.25, -0.2) is 19.3 Å². The summed E-state index contributed by atoms with van der Waals surface area (Å²) < 4.78 is 19.8. The van der Waals surface area contributed by atoms with Gasteiger partial charge >= 0.3 is 5.76 Å². The number of hydrogen-bond acceptors (Lipinski definition) is 5. The van der Waals surface area contributed by atoms with Gasteiger partial charge in [-0.05, 0) is 42.8 Å². The first-order chi connectivity index (χ1) is 12.0. The fourth-order valence-electron chi connectivity index (χ4n) is 2.29. The molecule has 0 unspecified atom stereocenters. The van der Waals surface area contributed by atoms with Crippen molar-refractivity contribution in [1.82, 2.24) is 10.2 Å². The number of rotatable bonds is 4. The predicted molar refractivity (Wildman–Crippen MR) is 94.3 cm³/mol. The summed E-state index contributed by atoms with van der Waals surface area (Å²) in [5.41, 5.74) is 7.00. The zero-order valence-electron chi connectivity index (χ0n) is 13.0. The number of halogens is 2. The maximum atomic E-state index is 14.9. The minimum Gasteiger partial charge on any atom is -0.390 e. The molecule has 1 heterocycles. The summed E-state index contributed by atoms with van der Waals surface area (Å²) in [6, 6.07) is 8.05. The van der Waals surface area contributed by atoms with Gasteiger partial charge in [0.2, 0.25) is 0 Å². The SMILES string of the molecule is Cc1cc(Cl)ccc1Nc1c(-c2n[nH]c(=O)o2)ccc(N=CN)c1F. The van der Waals surface area contributed by atoms with Crippen LogP contribution in [0.5, 0.6) is 0 Å². The zero-order valence-corrected chi connectivity index (χ0v) is 13.8. The first-order valence-electron chi connectivity index (χ1n) is 7.15. The Kier molecular flexibility index (Phi) is 4.53. The van der Waals surface area contributed by atoms with E-state index in [-0.39, 0.29) is 22.8 Å². The number of nitrogens with two attached hydrogens (primary N) is 1. The number of H-pyrrole nitrogens is 1. The van der Waals surface area contributed by atoms with Crippen molar-refractivity contribution >= 4 is 35.0 Å². The number of hydrogen-bond donors (Lipinski definition) is 3. The highest BCUT2D eigenvalue weighted by molar-refractivity contribution is 6.30. The second-order valence-electron chi connectivity index (χ2n) is 5.10. The quantitative estimate of drug-likeness (QED) is 0.486. The summed E-state index contributed by atoms with van der Waals surface area (Å²) in [6.07, 6.45) is 0.990. The smallest absolute Gasteiger partial charge is 0.390 e. The summed E-state index contributed by atoms with van der Waals surface area (Å²) in [5, 5.41) is 9.43. The molecule has 0 aliphatic heterocycles. The van der Waals surface area contributed by atoms with E-state index in [1.807, 2.05) is 6.92 Å². The van der Waals surface area contributed by atoms with Gasteiger partial charge in [-0.2, -0.15) is 0 Å². The average molecular weight is 362 g/mol. The van der Waals surface area contributed by atoms with Gasteiger partial charge in [0.25, 0.3) is 5.89 Å². The lowest BCUT2D eigenvalue weighted by molar-refractivity contribution is 0.526. The molecule has 0 spiro atoms. The predicted octanol–water partition coefficient (Wildman–Crippen LogP) is 3.49. The van der Waals surface area contributed by atoms with Crippen LogP contribution in [0.2, 0.25) is 5.02 Å². The van der Waals surface area contributed by atoms with Crippen molar-refractivity contribution in [3.63, 3.8) is 0 Å². The minimum atomic E-state index is -0.743. The van der Waals surface area contributed by atoms with Crippen LogP contribution in [0.15, 0.2) is 44.5 Å². The Hall–Kier alpha value is -3.13. The number of anilines is 2. The van der Waals surface area contributed by atoms with E-state index in [2.05, 4.69) is 20.5 Å². The van der Waals surface area contributed by atoms with E-state index in [0.717, 1.165) is 11.9 Å². The molecule has 0 atom stereocenters. The first-order valence-corrected chi connectivity index (χ1v) is 7.53. The van der Waals surface area contributed by atoms with Gasteiger partial charge in [0, 0.05) is 10.7 Å². The molecule has 0 aliphatic rings. The van der Waals surface area contributed by atoms with Crippen molar-refractivity contribution in [3.05, 3.63) is 57.3 Å². The minimum absolute atomic E-state index is 0.0262. The Balaban J connectivity index is 2.17. The molecule has 3 rings (SSSR count). The fraction of sp³-hybridized carbons (Fsp3) is 0.0625. The van der Waals surface area contributed by atoms with E-state index >= 15 is 0 Å². The summed E-state index contributed by atoms with van der Waals surface area (Å²) >= 11 is 5.95. The Morgan fingerprint density at radius 2 is 2.20 bits per heavy atom. The number of aromatic nitrogens is 2. The molecule has 9 heteroatoms. The Morgan fingerprint density at radius 3 is 2.84 bits per heavy atom. The van der Waals surface area contributed by atoms with E-state index in [1.165, 1.54) is 12.1 Å². The highest BCUT2D eigenvalue weighted by atomic mass is 35.5. The monoisotopic (exact) mass is 361 g/mol. The number of aliphatic imine (C=N–C) groups is 1. The highest BCUT2D eigenvalue weighted by Gasteiger charge is 2.19. The topological polar surface area (TPSA) is 109 Å². The molecular formula is C16H13ClFN5O2. The second kappa shape index (κ2) is 6.78. The second-order valence-corrected chi connectivity index (χ2v) is 5.54. The molecule has 4 N–H and O–H groups in total. The van der Waals surface area contributed by atoms with Crippen LogP contribution in [-0.4, -0.2) is 16.5 Å². The van der Waals surface area contributed by atoms with Gasteiger partial charge in [-0.1, -0.05) is 11.6 Å². The molecule has 7 nitrogen and oxygen atoms in total. The third-order valence-electron chi connectivity index (χ3n) is 3.45. The number of nitrogens with zero attached hydrogens (tertiary/aromatic N) is 2. The molecule has 1 aromatic heterocycles. The highest BCUT2D eigenvalue weighted by Crippen LogP contribution is 2.37. The van der Waals surface area contributed by atoms with Crippen LogP contribution < -0.4 is 16.8 Å². The molecular weight excluding hydrogens is 349 g/mol. The average Bonchev–Trinajstić information content (AvgIpc) is 3.00. The Labute approximate surface area is 146 Å². The van der Waals surface area contributed by atoms with Gasteiger partial charge in [-0.3, -0.25) is 0 Å². The van der Waals surface area contributed by atoms with Crippen LogP contribution in [0.3, 0.4) is 0 Å². The van der Waals surface area contributed by atoms with E-state index in [1.54, 1.807) is 18.2 Å². The van der Waals surface area contributed by atoms with Crippen molar-refractivity contribution in [2.75, 3.05) is 5.32 Å². The summed E-state index contributed by atoms with van der Waals surface area (Å²) in [5.74, 6) is -1.46. The van der Waals surface area contributed by atoms with Crippen LogP contribution >= 0.6 is 11.6 Å². The fourth-order valence-corrected chi connectivity index (χ4v) is 2.52. The van der Waals surface area contributed by atoms with Crippen molar-refractivity contribution in [2.24, 2.45) is 10.7 Å². The van der Waals surface area contributed by atoms with E-state index in [4.69, 9.17) is 21.8 Å². The van der Waals surface area contributed by atoms with E-state index in [0.29, 0.717) is 10.7 Å². The number of aryl methyl sites for hydroxylation is 1. The van der Waals surface area contributed by atoms with Crippen LogP contribution in [0.4, 0.5) is 21.5 Å². The van der Waals surface area contributed by atoms with Gasteiger partial charge in [0.15, 0.2) is 5.82 Å². The molecule has 0 bridgehead atoms. The van der Waals surface area contributed by atoms with Crippen molar-refractivity contribution in [1.29, 1.82) is 0 Å². The molecule has 0 fully saturated rings. The van der Waals surface area contributed by atoms with Crippen LogP contribution in [0.25, 0.3) is 11.5 Å². The molecule has 0 aliphatic carbocycles. The van der Waals surface area contributed by atoms with Crippen LogP contribution in [-0.2, 0) is 0 Å². The molecule has 3 aromatic rings. The van der Waals surface area contributed by atoms with Gasteiger partial charge in [-0.15, -0.1) is 5.10 Å². The molecule has 25 heavy (non-hydrogen) atoms. The van der Waals surface area contributed by atoms with Crippen LogP contribution in [0.1, 0.15) is 5.56 Å². The lowest BCUT2D eigenvalue weighted by Crippen LogP contribution is -2.00. The maximum Gasteiger partial charge on any atom is 0.434 e. The van der Waals surface area contributed by atoms with Gasteiger partial charge in [0.05, 0.1) is 17.6 Å². The van der Waals surface area contributed by atoms with E-state index < -0.39 is 11.6 Å². The third kappa shape index (κ3) is 3.38. The van der Waals surface area contributed by atoms with Crippen molar-refractivity contribution < 1.29 is 8.81 Å². The molecule has 2 aromatic carbocycles. The zero-order chi connectivity index (χ0) is 18.0. The molecule has 0 saturated carbocycles. The Morgan fingerprint density at radius 1 is 1.40 bits per heavy atom. The normalized spacial score (nSPS) is 11.2. The number of aromatic amines is 1. The van der Waals surface area contributed by atoms with Crippen molar-refractivity contribution in [2.45, 2.75) is 6.92 Å². The summed E-state index contributed by atoms with van der Waals surface area (Å²) in [6.45, 7) is 1.82. The largest absolute Gasteiger partial charge is 0.434 e. The molecule has 0 radical (unpaired) electrons. The van der Waals surface area contributed by atoms with E-state index in [9.17, 15) is 9.18 Å². The molecule has 0 amide bonds. The van der Waals surface area contributed by atoms with Crippen molar-refractivity contribution in [3.8, 4) is 11.5 Å². The summed E-state index contributed by atoms with van der Waals surface area (Å²) in [7, 11) is 0. The van der Waals surface area contributed by atoms with Gasteiger partial charge < -0.3 is 15.5 Å². The Bertz CT molecular complexity index is 1010. The lowest BCUT2D eigenvalue weighted by Gasteiger charge is -2.14.